The van der Waals surface area contributed by atoms with Crippen molar-refractivity contribution in [1.82, 2.24) is 10.6 Å². The van der Waals surface area contributed by atoms with E-state index in [1.54, 1.807) is 0 Å². The first-order valence-electron chi connectivity index (χ1n) is 14.3. The maximum Gasteiger partial charge on any atom is 0.302 e. The van der Waals surface area contributed by atoms with E-state index < -0.39 is 47.9 Å². The minimum Gasteiger partial charge on any atom is -0.465 e. The molecular weight excluding hydrogens is 524 g/mol. The SMILES string of the molecule is CC(=O)OC[C@@H]1C/C=C\C[C@@H](NC(=O)[C@H]2NC[C@]3(C)C[C@H](CC(C)C)CCO[C@@H]23)C2OC(S1)C(O)C(O)C2O. The van der Waals surface area contributed by atoms with Crippen LogP contribution in [0.25, 0.3) is 0 Å². The van der Waals surface area contributed by atoms with Gasteiger partial charge in [0.25, 0.3) is 0 Å². The van der Waals surface area contributed by atoms with Crippen LogP contribution in [0.1, 0.15) is 59.8 Å². The zero-order valence-electron chi connectivity index (χ0n) is 23.5. The molecule has 3 saturated heterocycles. The molecule has 4 aliphatic rings. The molecule has 10 nitrogen and oxygen atoms in total. The molecule has 11 heteroatoms. The molecule has 11 atom stereocenters. The fourth-order valence-corrected chi connectivity index (χ4v) is 7.84. The molecule has 0 aliphatic carbocycles. The van der Waals surface area contributed by atoms with Crippen LogP contribution in [0, 0.1) is 17.3 Å². The second-order valence-electron chi connectivity index (χ2n) is 12.4. The van der Waals surface area contributed by atoms with Crippen molar-refractivity contribution >= 4 is 23.6 Å². The second kappa shape index (κ2) is 13.2. The third kappa shape index (κ3) is 7.36. The Morgan fingerprint density at radius 3 is 2.64 bits per heavy atom. The number of aliphatic hydroxyl groups is 3. The second-order valence-corrected chi connectivity index (χ2v) is 13.8. The van der Waals surface area contributed by atoms with Gasteiger partial charge in [-0.2, -0.15) is 0 Å². The standard InChI is InChI=1S/C28H46N2O8S/c1-15(2)11-17-9-10-36-25-20(29-14-28(25,4)12-17)26(35)30-19-8-6-5-7-18(13-37-16(3)31)39-27-23(34)21(32)22(33)24(19)38-27/h5-6,15,17-25,27,29,32-34H,7-14H2,1-4H3,(H,30,35)/b6-5-/t17-,18-,19+,20-,21?,22?,23?,24?,25-,27?,28-/m0/s1. The van der Waals surface area contributed by atoms with Gasteiger partial charge in [0.15, 0.2) is 0 Å². The lowest BCUT2D eigenvalue weighted by molar-refractivity contribution is -0.205. The molecule has 0 aromatic rings. The Hall–Kier alpha value is -1.21. The summed E-state index contributed by atoms with van der Waals surface area (Å²) in [6, 6.07) is -1.17. The average Bonchev–Trinajstić information content (AvgIpc) is 3.10. The van der Waals surface area contributed by atoms with Gasteiger partial charge in [0.1, 0.15) is 42.5 Å². The highest BCUT2D eigenvalue weighted by Gasteiger charge is 2.52. The Morgan fingerprint density at radius 1 is 1.18 bits per heavy atom. The van der Waals surface area contributed by atoms with Crippen LogP contribution in [0.5, 0.6) is 0 Å². The van der Waals surface area contributed by atoms with E-state index in [2.05, 4.69) is 31.4 Å². The zero-order chi connectivity index (χ0) is 28.3. The predicted molar refractivity (Wildman–Crippen MR) is 147 cm³/mol. The van der Waals surface area contributed by atoms with E-state index in [0.717, 1.165) is 19.3 Å². The number of esters is 1. The van der Waals surface area contributed by atoms with Crippen molar-refractivity contribution in [3.63, 3.8) is 0 Å². The van der Waals surface area contributed by atoms with Gasteiger partial charge in [-0.05, 0) is 43.9 Å². The van der Waals surface area contributed by atoms with Crippen LogP contribution >= 0.6 is 11.8 Å². The summed E-state index contributed by atoms with van der Waals surface area (Å²) in [7, 11) is 0. The van der Waals surface area contributed by atoms with E-state index >= 15 is 0 Å². The maximum atomic E-state index is 13.7. The number of thioether (sulfide) groups is 1. The van der Waals surface area contributed by atoms with Crippen molar-refractivity contribution in [3.05, 3.63) is 12.2 Å². The number of hydrogen-bond donors (Lipinski definition) is 5. The number of nitrogens with one attached hydrogen (secondary N) is 2. The molecule has 0 saturated carbocycles. The fourth-order valence-electron chi connectivity index (χ4n) is 6.58. The average molecular weight is 571 g/mol. The van der Waals surface area contributed by atoms with E-state index in [1.807, 2.05) is 12.2 Å². The Balaban J connectivity index is 1.48. The molecule has 3 fully saturated rings. The lowest BCUT2D eigenvalue weighted by Gasteiger charge is -2.44. The number of ether oxygens (including phenoxy) is 3. The van der Waals surface area contributed by atoms with Crippen molar-refractivity contribution in [2.24, 2.45) is 17.3 Å². The molecule has 0 radical (unpaired) electrons. The van der Waals surface area contributed by atoms with E-state index in [1.165, 1.54) is 18.7 Å². The van der Waals surface area contributed by atoms with Crippen molar-refractivity contribution in [2.75, 3.05) is 19.8 Å². The van der Waals surface area contributed by atoms with Gasteiger partial charge >= 0.3 is 5.97 Å². The molecule has 0 aromatic heterocycles. The number of fused-ring (bicyclic) bond motifs is 3. The smallest absolute Gasteiger partial charge is 0.302 e. The highest BCUT2D eigenvalue weighted by atomic mass is 32.2. The van der Waals surface area contributed by atoms with Crippen LogP contribution in [-0.4, -0.2) is 100 Å². The quantitative estimate of drug-likeness (QED) is 0.232. The Labute approximate surface area is 235 Å². The Morgan fingerprint density at radius 2 is 1.92 bits per heavy atom. The highest BCUT2D eigenvalue weighted by molar-refractivity contribution is 8.00. The number of allylic oxidation sites excluding steroid dienone is 1. The molecule has 0 aromatic carbocycles. The van der Waals surface area contributed by atoms with Gasteiger partial charge in [-0.3, -0.25) is 9.59 Å². The number of rotatable bonds is 6. The van der Waals surface area contributed by atoms with Gasteiger partial charge in [-0.25, -0.2) is 0 Å². The molecule has 39 heavy (non-hydrogen) atoms. The predicted octanol–water partition coefficient (Wildman–Crippen LogP) is 1.11. The lowest BCUT2D eigenvalue weighted by Crippen LogP contribution is -2.64. The Kier molecular flexibility index (Phi) is 10.4. The van der Waals surface area contributed by atoms with Gasteiger partial charge in [0.2, 0.25) is 5.91 Å². The highest BCUT2D eigenvalue weighted by Crippen LogP contribution is 2.43. The summed E-state index contributed by atoms with van der Waals surface area (Å²) < 4.78 is 17.6. The normalized spacial score (nSPS) is 43.7. The molecule has 4 aliphatic heterocycles. The Bertz CT molecular complexity index is 890. The third-order valence-corrected chi connectivity index (χ3v) is 9.84. The monoisotopic (exact) mass is 570 g/mol. The van der Waals surface area contributed by atoms with Gasteiger partial charge < -0.3 is 40.2 Å². The summed E-state index contributed by atoms with van der Waals surface area (Å²) >= 11 is 1.25. The zero-order valence-corrected chi connectivity index (χ0v) is 24.3. The van der Waals surface area contributed by atoms with Crippen LogP contribution < -0.4 is 10.6 Å². The number of amides is 1. The van der Waals surface area contributed by atoms with E-state index in [9.17, 15) is 24.9 Å². The summed E-state index contributed by atoms with van der Waals surface area (Å²) in [5.74, 6) is 0.543. The van der Waals surface area contributed by atoms with Crippen molar-refractivity contribution < 1.29 is 39.1 Å². The largest absolute Gasteiger partial charge is 0.465 e. The van der Waals surface area contributed by atoms with E-state index in [0.29, 0.717) is 37.8 Å². The minimum atomic E-state index is -1.45. The summed E-state index contributed by atoms with van der Waals surface area (Å²) in [5, 5.41) is 38.4. The number of aliphatic hydroxyl groups excluding tert-OH is 3. The summed E-state index contributed by atoms with van der Waals surface area (Å²) in [5.41, 5.74) is -1.02. The first-order valence-corrected chi connectivity index (χ1v) is 15.2. The summed E-state index contributed by atoms with van der Waals surface area (Å²) in [4.78, 5) is 25.0. The van der Waals surface area contributed by atoms with Crippen molar-refractivity contribution in [2.45, 2.75) is 113 Å². The third-order valence-electron chi connectivity index (χ3n) is 8.47. The lowest BCUT2D eigenvalue weighted by atomic mass is 9.75. The van der Waals surface area contributed by atoms with Crippen LogP contribution in [0.3, 0.4) is 0 Å². The summed E-state index contributed by atoms with van der Waals surface area (Å²) in [6.45, 7) is 9.45. The van der Waals surface area contributed by atoms with Crippen molar-refractivity contribution in [1.29, 1.82) is 0 Å². The fraction of sp³-hybridized carbons (Fsp3) is 0.857. The van der Waals surface area contributed by atoms with E-state index in [-0.39, 0.29) is 29.3 Å². The molecule has 2 bridgehead atoms. The van der Waals surface area contributed by atoms with Crippen LogP contribution in [0.15, 0.2) is 12.2 Å². The number of carbonyl (C=O) groups excluding carboxylic acids is 2. The topological polar surface area (TPSA) is 147 Å². The molecule has 222 valence electrons. The summed E-state index contributed by atoms with van der Waals surface area (Å²) in [6.07, 6.45) is 2.51. The molecule has 1 amide bonds. The van der Waals surface area contributed by atoms with Gasteiger partial charge in [-0.15, -0.1) is 11.8 Å². The van der Waals surface area contributed by atoms with Crippen LogP contribution in [0.4, 0.5) is 0 Å². The van der Waals surface area contributed by atoms with Gasteiger partial charge in [0, 0.05) is 30.7 Å². The number of hydrogen-bond acceptors (Lipinski definition) is 10. The molecule has 0 spiro atoms. The van der Waals surface area contributed by atoms with Crippen LogP contribution in [0.2, 0.25) is 0 Å². The maximum absolute atomic E-state index is 13.7. The molecular formula is C28H46N2O8S. The first kappa shape index (κ1) is 30.7. The molecule has 4 rings (SSSR count). The molecule has 5 N–H and O–H groups in total. The number of carbonyl (C=O) groups is 2. The van der Waals surface area contributed by atoms with E-state index in [4.69, 9.17) is 14.2 Å². The van der Waals surface area contributed by atoms with Crippen molar-refractivity contribution in [3.8, 4) is 0 Å². The van der Waals surface area contributed by atoms with Crippen LogP contribution in [-0.2, 0) is 23.8 Å². The molecule has 5 unspecified atom stereocenters. The minimum absolute atomic E-state index is 0.131. The first-order chi connectivity index (χ1) is 18.5. The molecule has 4 heterocycles. The van der Waals surface area contributed by atoms with Gasteiger partial charge in [0.05, 0.1) is 12.1 Å². The van der Waals surface area contributed by atoms with Gasteiger partial charge in [-0.1, -0.05) is 32.9 Å².